The summed E-state index contributed by atoms with van der Waals surface area (Å²) in [5.74, 6) is 0.152. The third-order valence-corrected chi connectivity index (χ3v) is 9.64. The number of hydrogen-bond donors (Lipinski definition) is 6. The molecule has 45 heavy (non-hydrogen) atoms. The monoisotopic (exact) mass is 708 g/mol. The van der Waals surface area contributed by atoms with E-state index in [1.54, 1.807) is 6.92 Å². The van der Waals surface area contributed by atoms with Gasteiger partial charge in [-0.3, -0.25) is 22.7 Å². The summed E-state index contributed by atoms with van der Waals surface area (Å²) in [5, 5.41) is 11.0. The number of nitrogen functional groups attached to an aromatic ring is 2. The van der Waals surface area contributed by atoms with Crippen molar-refractivity contribution in [1.82, 2.24) is 39.0 Å². The molecule has 2 aliphatic rings. The van der Waals surface area contributed by atoms with Gasteiger partial charge in [-0.15, -0.1) is 0 Å². The van der Waals surface area contributed by atoms with E-state index in [4.69, 9.17) is 34.5 Å². The van der Waals surface area contributed by atoms with Crippen molar-refractivity contribution in [2.24, 2.45) is 0 Å². The smallest absolute Gasteiger partial charge is 0.386 e. The molecule has 4 aromatic heterocycles. The number of thiol groups is 2. The zero-order chi connectivity index (χ0) is 32.3. The summed E-state index contributed by atoms with van der Waals surface area (Å²) in [6.45, 7) is -7.74. The van der Waals surface area contributed by atoms with Crippen LogP contribution in [0.25, 0.3) is 22.3 Å². The Morgan fingerprint density at radius 1 is 0.911 bits per heavy atom. The van der Waals surface area contributed by atoms with E-state index in [1.807, 2.05) is 0 Å². The lowest BCUT2D eigenvalue weighted by atomic mass is 10.1. The van der Waals surface area contributed by atoms with Crippen LogP contribution < -0.4 is 11.5 Å². The van der Waals surface area contributed by atoms with Crippen molar-refractivity contribution in [2.45, 2.75) is 62.5 Å². The molecule has 0 aromatic carbocycles. The number of nitrogens with zero attached hydrogens (tertiary/aromatic N) is 8. The Bertz CT molecular complexity index is 1820. The maximum atomic E-state index is 15.8. The van der Waals surface area contributed by atoms with Crippen LogP contribution in [0.15, 0.2) is 25.3 Å². The first-order valence-corrected chi connectivity index (χ1v) is 18.6. The molecule has 2 saturated heterocycles. The Hall–Kier alpha value is -2.49. The Labute approximate surface area is 263 Å². The molecule has 0 spiro atoms. The van der Waals surface area contributed by atoms with E-state index in [0.29, 0.717) is 0 Å². The molecular weight excluding hydrogens is 681 g/mol. The number of halogens is 1. The molecule has 3 unspecified atom stereocenters. The number of rotatable bonds is 10. The minimum absolute atomic E-state index is 0.0538. The van der Waals surface area contributed by atoms with Crippen LogP contribution in [0.4, 0.5) is 16.0 Å². The van der Waals surface area contributed by atoms with Gasteiger partial charge >= 0.3 is 13.6 Å². The Morgan fingerprint density at radius 3 is 2.02 bits per heavy atom. The average molecular weight is 709 g/mol. The molecule has 244 valence electrons. The summed E-state index contributed by atoms with van der Waals surface area (Å²) in [5.41, 5.74) is 12.5. The molecule has 0 amide bonds. The Balaban J connectivity index is 1.18. The lowest BCUT2D eigenvalue weighted by molar-refractivity contribution is -0.0481. The molecular formula is C21H27FN10O9P2S2. The van der Waals surface area contributed by atoms with Crippen molar-refractivity contribution in [3.05, 3.63) is 25.3 Å². The standard InChI is InChI=1S/C21H27FN10O9P2S2/c1-2-8-14(10(22)20(38-8)31-6-29-11-16(23)25-4-27-18(11)31)41-43(36,45)37-3-9-13(33)15(40-42(34,35)44)21(39-9)32-7-30-12-17(24)26-5-28-19(12)32/h4-10,13-15,20-21,33H,2-3H2,1H3,(H,36,45)(H2,23,25,27)(H2,24,26,28)(H2,34,35,44)/t8-,9?,10-,13-,14-,15-,20-,21-,43?/m1/s1. The van der Waals surface area contributed by atoms with Gasteiger partial charge in [-0.25, -0.2) is 43.4 Å². The topological polar surface area (TPSA) is 260 Å². The number of hydrogen-bond acceptors (Lipinski definition) is 16. The molecule has 4 aromatic rings. The van der Waals surface area contributed by atoms with E-state index >= 15 is 4.39 Å². The van der Waals surface area contributed by atoms with E-state index in [9.17, 15) is 19.1 Å². The van der Waals surface area contributed by atoms with Gasteiger partial charge in [-0.05, 0) is 6.42 Å². The van der Waals surface area contributed by atoms with Crippen LogP contribution in [0.1, 0.15) is 25.8 Å². The fraction of sp³-hybridized carbons (Fsp3) is 0.524. The van der Waals surface area contributed by atoms with Crippen molar-refractivity contribution >= 4 is 72.1 Å². The van der Waals surface area contributed by atoms with Gasteiger partial charge in [-0.2, -0.15) is 0 Å². The zero-order valence-corrected chi connectivity index (χ0v) is 26.6. The van der Waals surface area contributed by atoms with E-state index in [1.165, 1.54) is 34.4 Å². The van der Waals surface area contributed by atoms with Crippen LogP contribution in [-0.2, 0) is 32.2 Å². The molecule has 0 bridgehead atoms. The third kappa shape index (κ3) is 6.29. The number of ether oxygens (including phenoxy) is 2. The summed E-state index contributed by atoms with van der Waals surface area (Å²) >= 11 is 7.56. The molecule has 2 aliphatic heterocycles. The highest BCUT2D eigenvalue weighted by atomic mass is 32.7. The summed E-state index contributed by atoms with van der Waals surface area (Å²) in [6.07, 6.45) is -5.98. The second kappa shape index (κ2) is 12.3. The summed E-state index contributed by atoms with van der Waals surface area (Å²) in [6, 6.07) is 0. The number of anilines is 2. The van der Waals surface area contributed by atoms with Gasteiger partial charge in [0.15, 0.2) is 41.6 Å². The minimum atomic E-state index is -4.47. The highest BCUT2D eigenvalue weighted by Crippen LogP contribution is 2.58. The number of aromatic nitrogens is 8. The van der Waals surface area contributed by atoms with Gasteiger partial charge in [0.25, 0.3) is 0 Å². The number of aliphatic hydroxyl groups excluding tert-OH is 1. The van der Waals surface area contributed by atoms with Crippen LogP contribution in [0.2, 0.25) is 0 Å². The van der Waals surface area contributed by atoms with Crippen LogP contribution in [0.5, 0.6) is 0 Å². The van der Waals surface area contributed by atoms with E-state index < -0.39 is 69.3 Å². The van der Waals surface area contributed by atoms with Crippen molar-refractivity contribution in [2.75, 3.05) is 18.1 Å². The molecule has 0 saturated carbocycles. The van der Waals surface area contributed by atoms with E-state index in [2.05, 4.69) is 54.4 Å². The van der Waals surface area contributed by atoms with Crippen molar-refractivity contribution in [3.63, 3.8) is 0 Å². The molecule has 6 N–H and O–H groups in total. The van der Waals surface area contributed by atoms with E-state index in [0.717, 1.165) is 0 Å². The molecule has 24 heteroatoms. The quantitative estimate of drug-likeness (QED) is 0.101. The molecule has 19 nitrogen and oxygen atoms in total. The van der Waals surface area contributed by atoms with Crippen molar-refractivity contribution in [3.8, 4) is 0 Å². The lowest BCUT2D eigenvalue weighted by Gasteiger charge is -2.24. The number of imidazole rings is 2. The maximum Gasteiger partial charge on any atom is 0.386 e. The van der Waals surface area contributed by atoms with Crippen LogP contribution in [0, 0.1) is 0 Å². The second-order valence-electron chi connectivity index (χ2n) is 10.0. The molecule has 2 fully saturated rings. The number of aliphatic hydroxyl groups is 1. The largest absolute Gasteiger partial charge is 0.387 e. The SMILES string of the molecule is CC[C@H]1O[C@@H](n2cnc3c(N)ncnc32)[C@H](F)[C@@H]1OP(=O)(S)OCC1O[C@@H](n2cnc3c(N)ncnc32)[C@H](OP(=O)(O)S)[C@@H]1O. The van der Waals surface area contributed by atoms with Gasteiger partial charge in [0.05, 0.1) is 25.4 Å². The normalized spacial score (nSPS) is 31.4. The predicted molar refractivity (Wildman–Crippen MR) is 160 cm³/mol. The highest BCUT2D eigenvalue weighted by molar-refractivity contribution is 8.44. The van der Waals surface area contributed by atoms with Crippen molar-refractivity contribution in [1.29, 1.82) is 0 Å². The maximum absolute atomic E-state index is 15.8. The molecule has 0 radical (unpaired) electrons. The Kier molecular flexibility index (Phi) is 8.85. The minimum Gasteiger partial charge on any atom is -0.387 e. The molecule has 0 aliphatic carbocycles. The van der Waals surface area contributed by atoms with Gasteiger partial charge in [0.1, 0.15) is 48.1 Å². The number of fused-ring (bicyclic) bond motifs is 2. The number of nitrogens with two attached hydrogens (primary N) is 2. The predicted octanol–water partition coefficient (Wildman–Crippen LogP) is 1.59. The van der Waals surface area contributed by atoms with Gasteiger partial charge in [-0.1, -0.05) is 31.4 Å². The summed E-state index contributed by atoms with van der Waals surface area (Å²) < 4.78 is 71.7. The van der Waals surface area contributed by atoms with E-state index in [-0.39, 0.29) is 40.4 Å². The lowest BCUT2D eigenvalue weighted by Crippen LogP contribution is -2.35. The first kappa shape index (κ1) is 32.5. The van der Waals surface area contributed by atoms with Crippen LogP contribution in [-0.4, -0.2) is 92.3 Å². The zero-order valence-electron chi connectivity index (χ0n) is 23.0. The highest BCUT2D eigenvalue weighted by Gasteiger charge is 2.51. The fourth-order valence-electron chi connectivity index (χ4n) is 5.19. The molecule has 6 rings (SSSR count). The summed E-state index contributed by atoms with van der Waals surface area (Å²) in [4.78, 5) is 34.0. The molecule has 6 heterocycles. The van der Waals surface area contributed by atoms with Gasteiger partial charge < -0.3 is 30.9 Å². The van der Waals surface area contributed by atoms with Gasteiger partial charge in [0, 0.05) is 0 Å². The second-order valence-corrected chi connectivity index (χ2v) is 15.6. The fourth-order valence-corrected chi connectivity index (χ4v) is 7.54. The Morgan fingerprint density at radius 2 is 1.47 bits per heavy atom. The first-order valence-electron chi connectivity index (χ1n) is 13.2. The first-order chi connectivity index (χ1) is 21.3. The summed E-state index contributed by atoms with van der Waals surface area (Å²) in [7, 11) is 0. The van der Waals surface area contributed by atoms with Crippen LogP contribution in [0.3, 0.4) is 0 Å². The third-order valence-electron chi connectivity index (χ3n) is 7.22. The van der Waals surface area contributed by atoms with Gasteiger partial charge in [0.2, 0.25) is 0 Å². The molecule has 10 atom stereocenters. The average Bonchev–Trinajstić information content (AvgIpc) is 3.73. The van der Waals surface area contributed by atoms with Crippen LogP contribution >= 0.6 is 38.1 Å². The number of alkyl halides is 1. The van der Waals surface area contributed by atoms with Crippen molar-refractivity contribution < 1.29 is 46.6 Å².